The molecule has 0 bridgehead atoms. The van der Waals surface area contributed by atoms with Crippen LogP contribution in [0.15, 0.2) is 12.5 Å². The molecule has 0 aliphatic rings. The van der Waals surface area contributed by atoms with Crippen LogP contribution in [0.4, 0.5) is 0 Å². The molecule has 35 heavy (non-hydrogen) atoms. The van der Waals surface area contributed by atoms with E-state index in [-0.39, 0.29) is 11.8 Å². The number of nitrogens with one attached hydrogen (secondary N) is 3. The number of ether oxygens (including phenoxy) is 2. The number of unbranched alkanes of at least 4 members (excludes halogenated alkanes) is 10. The summed E-state index contributed by atoms with van der Waals surface area (Å²) in [5, 5.41) is 5.65. The van der Waals surface area contributed by atoms with E-state index in [1.807, 2.05) is 0 Å². The van der Waals surface area contributed by atoms with Crippen LogP contribution in [0, 0.1) is 0 Å². The Morgan fingerprint density at radius 2 is 1.46 bits per heavy atom. The molecular weight excluding hydrogens is 446 g/mol. The van der Waals surface area contributed by atoms with E-state index in [0.29, 0.717) is 52.4 Å². The van der Waals surface area contributed by atoms with Gasteiger partial charge in [-0.2, -0.15) is 0 Å². The highest BCUT2D eigenvalue weighted by atomic mass is 16.5. The third kappa shape index (κ3) is 19.0. The number of aromatic nitrogens is 2. The molecule has 1 aromatic rings. The molecule has 9 nitrogen and oxygen atoms in total. The number of nitrogens with two attached hydrogens (primary N) is 1. The molecule has 1 aromatic heterocycles. The van der Waals surface area contributed by atoms with Gasteiger partial charge >= 0.3 is 0 Å². The summed E-state index contributed by atoms with van der Waals surface area (Å²) in [6.07, 6.45) is 18.3. The van der Waals surface area contributed by atoms with Gasteiger partial charge < -0.3 is 30.8 Å². The summed E-state index contributed by atoms with van der Waals surface area (Å²) in [5.74, 6) is -0.120. The Morgan fingerprint density at radius 3 is 2.03 bits per heavy atom. The van der Waals surface area contributed by atoms with Crippen molar-refractivity contribution in [2.45, 2.75) is 96.4 Å². The molecule has 0 spiro atoms. The van der Waals surface area contributed by atoms with Gasteiger partial charge in [0.25, 0.3) is 0 Å². The Balaban J connectivity index is 1.79. The van der Waals surface area contributed by atoms with Gasteiger partial charge in [-0.05, 0) is 6.42 Å². The van der Waals surface area contributed by atoms with Gasteiger partial charge in [0, 0.05) is 37.8 Å². The Kier molecular flexibility index (Phi) is 20.0. The zero-order valence-corrected chi connectivity index (χ0v) is 21.8. The molecule has 1 atom stereocenters. The molecule has 1 heterocycles. The molecule has 0 unspecified atom stereocenters. The summed E-state index contributed by atoms with van der Waals surface area (Å²) >= 11 is 0. The minimum absolute atomic E-state index is 0.0993. The van der Waals surface area contributed by atoms with E-state index in [1.54, 1.807) is 12.5 Å². The average molecular weight is 496 g/mol. The number of hydrogen-bond acceptors (Lipinski definition) is 6. The number of imidazole rings is 1. The van der Waals surface area contributed by atoms with Crippen LogP contribution in [0.1, 0.15) is 89.7 Å². The molecule has 0 aliphatic heterocycles. The number of rotatable bonds is 24. The first-order valence-electron chi connectivity index (χ1n) is 13.6. The number of carbonyl (C=O) groups excluding carboxylic acids is 2. The van der Waals surface area contributed by atoms with Crippen molar-refractivity contribution in [3.8, 4) is 0 Å². The van der Waals surface area contributed by atoms with Crippen LogP contribution in [0.25, 0.3) is 0 Å². The zero-order chi connectivity index (χ0) is 25.4. The predicted octanol–water partition coefficient (Wildman–Crippen LogP) is 3.25. The van der Waals surface area contributed by atoms with E-state index in [4.69, 9.17) is 15.2 Å². The van der Waals surface area contributed by atoms with E-state index in [2.05, 4.69) is 27.5 Å². The number of nitrogens with zero attached hydrogens (tertiary/aromatic N) is 1. The third-order valence-electron chi connectivity index (χ3n) is 5.83. The Labute approximate surface area is 211 Å². The summed E-state index contributed by atoms with van der Waals surface area (Å²) in [5.41, 5.74) is 6.69. The molecule has 0 aliphatic carbocycles. The van der Waals surface area contributed by atoms with Gasteiger partial charge in [-0.25, -0.2) is 4.98 Å². The van der Waals surface area contributed by atoms with Gasteiger partial charge in [0.15, 0.2) is 0 Å². The molecule has 0 radical (unpaired) electrons. The molecule has 0 saturated carbocycles. The van der Waals surface area contributed by atoms with E-state index in [1.165, 1.54) is 57.8 Å². The highest BCUT2D eigenvalue weighted by Crippen LogP contribution is 2.11. The van der Waals surface area contributed by atoms with Crippen LogP contribution >= 0.6 is 0 Å². The van der Waals surface area contributed by atoms with Crippen molar-refractivity contribution in [3.63, 3.8) is 0 Å². The fourth-order valence-corrected chi connectivity index (χ4v) is 3.73. The van der Waals surface area contributed by atoms with Crippen molar-refractivity contribution in [3.05, 3.63) is 18.2 Å². The smallest absolute Gasteiger partial charge is 0.237 e. The van der Waals surface area contributed by atoms with Crippen LogP contribution in [0.2, 0.25) is 0 Å². The molecular formula is C26H49N5O4. The summed E-state index contributed by atoms with van der Waals surface area (Å²) in [4.78, 5) is 30.6. The standard InChI is InChI=1S/C26H49N5O4/c1-2-3-4-5-6-7-8-9-10-11-12-13-25(32)29-14-16-34-18-19-35-17-15-30-26(33)24(27)20-23-21-28-22-31-23/h21-22,24H,2-20,27H2,1H3,(H,28,31)(H,29,32)(H,30,33)/t24-/m0/s1. The summed E-state index contributed by atoms with van der Waals surface area (Å²) < 4.78 is 10.9. The molecule has 1 rings (SSSR count). The van der Waals surface area contributed by atoms with E-state index >= 15 is 0 Å². The van der Waals surface area contributed by atoms with Crippen LogP contribution in [0.3, 0.4) is 0 Å². The Bertz CT molecular complexity index is 627. The lowest BCUT2D eigenvalue weighted by molar-refractivity contribution is -0.123. The number of carbonyl (C=O) groups is 2. The fraction of sp³-hybridized carbons (Fsp3) is 0.808. The monoisotopic (exact) mass is 495 g/mol. The van der Waals surface area contributed by atoms with Gasteiger partial charge in [-0.15, -0.1) is 0 Å². The second kappa shape index (κ2) is 22.5. The highest BCUT2D eigenvalue weighted by molar-refractivity contribution is 5.81. The molecule has 9 heteroatoms. The Morgan fingerprint density at radius 1 is 0.886 bits per heavy atom. The topological polar surface area (TPSA) is 131 Å². The average Bonchev–Trinajstić information content (AvgIpc) is 3.36. The second-order valence-electron chi connectivity index (χ2n) is 9.04. The maximum atomic E-state index is 11.9. The number of aromatic amines is 1. The van der Waals surface area contributed by atoms with Gasteiger partial charge in [0.05, 0.1) is 38.8 Å². The summed E-state index contributed by atoms with van der Waals surface area (Å²) in [6, 6.07) is -0.621. The fourth-order valence-electron chi connectivity index (χ4n) is 3.73. The van der Waals surface area contributed by atoms with Crippen molar-refractivity contribution in [1.29, 1.82) is 0 Å². The molecule has 2 amide bonds. The van der Waals surface area contributed by atoms with Gasteiger partial charge in [-0.1, -0.05) is 71.1 Å². The zero-order valence-electron chi connectivity index (χ0n) is 21.8. The molecule has 5 N–H and O–H groups in total. The lowest BCUT2D eigenvalue weighted by atomic mass is 10.1. The van der Waals surface area contributed by atoms with Crippen LogP contribution in [0.5, 0.6) is 0 Å². The summed E-state index contributed by atoms with van der Waals surface area (Å²) in [7, 11) is 0. The molecule has 202 valence electrons. The number of hydrogen-bond donors (Lipinski definition) is 4. The normalized spacial score (nSPS) is 11.9. The highest BCUT2D eigenvalue weighted by Gasteiger charge is 2.14. The maximum Gasteiger partial charge on any atom is 0.237 e. The second-order valence-corrected chi connectivity index (χ2v) is 9.04. The number of amides is 2. The van der Waals surface area contributed by atoms with Crippen molar-refractivity contribution >= 4 is 11.8 Å². The van der Waals surface area contributed by atoms with E-state index in [0.717, 1.165) is 18.5 Å². The van der Waals surface area contributed by atoms with Crippen LogP contribution in [-0.2, 0) is 25.5 Å². The minimum atomic E-state index is -0.621. The van der Waals surface area contributed by atoms with Crippen molar-refractivity contribution < 1.29 is 19.1 Å². The van der Waals surface area contributed by atoms with Crippen LogP contribution in [-0.4, -0.2) is 67.3 Å². The van der Waals surface area contributed by atoms with Crippen molar-refractivity contribution in [2.75, 3.05) is 39.5 Å². The Hall–Kier alpha value is -1.97. The quantitative estimate of drug-likeness (QED) is 0.163. The third-order valence-corrected chi connectivity index (χ3v) is 5.83. The molecule has 0 saturated heterocycles. The summed E-state index contributed by atoms with van der Waals surface area (Å²) in [6.45, 7) is 4.90. The first kappa shape index (κ1) is 31.1. The maximum absolute atomic E-state index is 11.9. The number of H-pyrrole nitrogens is 1. The van der Waals surface area contributed by atoms with Gasteiger partial charge in [0.2, 0.25) is 11.8 Å². The lowest BCUT2D eigenvalue weighted by Crippen LogP contribution is -2.43. The minimum Gasteiger partial charge on any atom is -0.377 e. The van der Waals surface area contributed by atoms with E-state index in [9.17, 15) is 9.59 Å². The molecule has 0 fully saturated rings. The SMILES string of the molecule is CCCCCCCCCCCCCC(=O)NCCOCCOCCNC(=O)[C@@H](N)Cc1cnc[nH]1. The lowest BCUT2D eigenvalue weighted by Gasteiger charge is -2.11. The van der Waals surface area contributed by atoms with Crippen LogP contribution < -0.4 is 16.4 Å². The van der Waals surface area contributed by atoms with Gasteiger partial charge in [-0.3, -0.25) is 9.59 Å². The van der Waals surface area contributed by atoms with E-state index < -0.39 is 6.04 Å². The first-order valence-corrected chi connectivity index (χ1v) is 13.6. The largest absolute Gasteiger partial charge is 0.377 e. The van der Waals surface area contributed by atoms with Crippen molar-refractivity contribution in [1.82, 2.24) is 20.6 Å². The van der Waals surface area contributed by atoms with Crippen molar-refractivity contribution in [2.24, 2.45) is 5.73 Å². The first-order chi connectivity index (χ1) is 17.1. The predicted molar refractivity (Wildman–Crippen MR) is 139 cm³/mol. The van der Waals surface area contributed by atoms with Gasteiger partial charge in [0.1, 0.15) is 0 Å². The molecule has 0 aromatic carbocycles.